The highest BCUT2D eigenvalue weighted by Gasteiger charge is 2.25. The highest BCUT2D eigenvalue weighted by atomic mass is 19.1. The van der Waals surface area contributed by atoms with Gasteiger partial charge in [0, 0.05) is 24.7 Å². The van der Waals surface area contributed by atoms with Crippen molar-refractivity contribution in [2.24, 2.45) is 0 Å². The molecule has 7 nitrogen and oxygen atoms in total. The van der Waals surface area contributed by atoms with Crippen LogP contribution in [0.4, 0.5) is 4.39 Å². The van der Waals surface area contributed by atoms with E-state index in [1.165, 1.54) is 31.4 Å². The number of piperidine rings is 1. The van der Waals surface area contributed by atoms with Gasteiger partial charge in [0.15, 0.2) is 0 Å². The molecule has 212 valence electrons. The average molecular weight is 556 g/mol. The van der Waals surface area contributed by atoms with Crippen LogP contribution in [-0.2, 0) is 17.8 Å². The number of hydrogen-bond acceptors (Lipinski definition) is 5. The van der Waals surface area contributed by atoms with Crippen molar-refractivity contribution >= 4 is 22.6 Å². The molecule has 0 bridgehead atoms. The lowest BCUT2D eigenvalue weighted by Gasteiger charge is -2.26. The van der Waals surface area contributed by atoms with Gasteiger partial charge in [-0.2, -0.15) is 0 Å². The maximum atomic E-state index is 14.4. The number of benzene rings is 3. The Bertz CT molecular complexity index is 1560. The molecule has 1 atom stereocenters. The molecule has 1 aliphatic rings. The van der Waals surface area contributed by atoms with Crippen molar-refractivity contribution in [3.63, 3.8) is 0 Å². The van der Waals surface area contributed by atoms with Crippen LogP contribution >= 0.6 is 0 Å². The van der Waals surface area contributed by atoms with Gasteiger partial charge in [-0.25, -0.2) is 9.18 Å². The summed E-state index contributed by atoms with van der Waals surface area (Å²) in [6.07, 6.45) is 5.64. The Kier molecular flexibility index (Phi) is 8.59. The van der Waals surface area contributed by atoms with Gasteiger partial charge in [0.25, 0.3) is 5.91 Å². The number of methoxy groups -OCH3 is 1. The monoisotopic (exact) mass is 555 g/mol. The first-order valence-corrected chi connectivity index (χ1v) is 13.9. The summed E-state index contributed by atoms with van der Waals surface area (Å²) in [6, 6.07) is 16.6. The lowest BCUT2D eigenvalue weighted by molar-refractivity contribution is -0.139. The summed E-state index contributed by atoms with van der Waals surface area (Å²) in [5, 5.41) is 14.2. The van der Waals surface area contributed by atoms with Crippen LogP contribution in [-0.4, -0.2) is 53.1 Å². The first-order chi connectivity index (χ1) is 19.9. The number of carboxylic acid groups (broad SMARTS) is 1. The second-order valence-corrected chi connectivity index (χ2v) is 10.5. The number of aryl methyl sites for hydroxylation is 1. The van der Waals surface area contributed by atoms with Crippen LogP contribution in [0, 0.1) is 12.7 Å². The van der Waals surface area contributed by atoms with Crippen molar-refractivity contribution in [3.05, 3.63) is 94.9 Å². The van der Waals surface area contributed by atoms with E-state index in [-0.39, 0.29) is 12.0 Å². The van der Waals surface area contributed by atoms with E-state index in [9.17, 15) is 19.1 Å². The second kappa shape index (κ2) is 12.5. The third-order valence-corrected chi connectivity index (χ3v) is 7.73. The molecule has 8 heteroatoms. The minimum Gasteiger partial charge on any atom is -0.494 e. The molecule has 41 heavy (non-hydrogen) atoms. The molecule has 1 aromatic heterocycles. The van der Waals surface area contributed by atoms with Crippen molar-refractivity contribution in [1.29, 1.82) is 0 Å². The maximum Gasteiger partial charge on any atom is 0.326 e. The first-order valence-electron chi connectivity index (χ1n) is 13.9. The molecule has 2 heterocycles. The van der Waals surface area contributed by atoms with E-state index in [1.54, 1.807) is 20.1 Å². The van der Waals surface area contributed by atoms with Crippen molar-refractivity contribution < 1.29 is 23.8 Å². The van der Waals surface area contributed by atoms with Gasteiger partial charge in [0.2, 0.25) is 0 Å². The molecule has 2 N–H and O–H groups in total. The van der Waals surface area contributed by atoms with Gasteiger partial charge in [0.05, 0.1) is 12.7 Å². The van der Waals surface area contributed by atoms with E-state index in [4.69, 9.17) is 9.72 Å². The number of aromatic nitrogens is 1. The number of nitrogens with zero attached hydrogens (tertiary/aromatic N) is 2. The molecular weight excluding hydrogens is 521 g/mol. The molecule has 0 saturated carbocycles. The maximum absolute atomic E-state index is 14.4. The Hall–Kier alpha value is -4.30. The zero-order valence-electron chi connectivity index (χ0n) is 23.3. The van der Waals surface area contributed by atoms with Gasteiger partial charge in [-0.3, -0.25) is 14.7 Å². The molecule has 0 unspecified atom stereocenters. The van der Waals surface area contributed by atoms with Gasteiger partial charge in [-0.1, -0.05) is 55.0 Å². The molecule has 0 spiro atoms. The summed E-state index contributed by atoms with van der Waals surface area (Å²) in [4.78, 5) is 32.3. The molecule has 3 aromatic carbocycles. The number of hydrogen-bond donors (Lipinski definition) is 2. The molecule has 1 saturated heterocycles. The number of likely N-dealkylation sites (tertiary alicyclic amines) is 1. The molecule has 1 fully saturated rings. The van der Waals surface area contributed by atoms with Crippen molar-refractivity contribution in [2.75, 3.05) is 20.2 Å². The number of carboxylic acids is 1. The van der Waals surface area contributed by atoms with Crippen LogP contribution < -0.4 is 10.1 Å². The minimum absolute atomic E-state index is 0.0225. The summed E-state index contributed by atoms with van der Waals surface area (Å²) in [6.45, 7) is 4.63. The van der Waals surface area contributed by atoms with Crippen molar-refractivity contribution in [1.82, 2.24) is 15.2 Å². The fourth-order valence-corrected chi connectivity index (χ4v) is 5.63. The second-order valence-electron chi connectivity index (χ2n) is 10.5. The van der Waals surface area contributed by atoms with Gasteiger partial charge in [0.1, 0.15) is 23.3 Å². The standard InChI is InChI=1S/C33H34FN3O4/c1-21-9-6-14-27(34)30(21)32(38)36-28(33(39)40)18-23-10-7-12-25-24(23)11-8-13-26(25)31-29(41-2)17-22(19-35-31)20-37-15-4-3-5-16-37/h6-14,17,19,28H,3-5,15-16,18,20H2,1-2H3,(H,36,38)(H,39,40)/t28-/m0/s1. The fourth-order valence-electron chi connectivity index (χ4n) is 5.63. The summed E-state index contributed by atoms with van der Waals surface area (Å²) in [5.74, 6) is -1.97. The zero-order valence-corrected chi connectivity index (χ0v) is 23.3. The van der Waals surface area contributed by atoms with Gasteiger partial charge >= 0.3 is 5.97 Å². The van der Waals surface area contributed by atoms with Crippen LogP contribution in [0.5, 0.6) is 5.75 Å². The number of carbonyl (C=O) groups is 2. The van der Waals surface area contributed by atoms with Gasteiger partial charge < -0.3 is 15.2 Å². The minimum atomic E-state index is -1.25. The average Bonchev–Trinajstić information content (AvgIpc) is 2.97. The largest absolute Gasteiger partial charge is 0.494 e. The quantitative estimate of drug-likeness (QED) is 0.273. The number of ether oxygens (including phenoxy) is 1. The van der Waals surface area contributed by atoms with E-state index in [1.807, 2.05) is 48.7 Å². The molecule has 0 aliphatic carbocycles. The summed E-state index contributed by atoms with van der Waals surface area (Å²) < 4.78 is 20.1. The Labute approximate surface area is 239 Å². The summed E-state index contributed by atoms with van der Waals surface area (Å²) in [7, 11) is 1.64. The van der Waals surface area contributed by atoms with Crippen LogP contribution in [0.1, 0.15) is 46.3 Å². The van der Waals surface area contributed by atoms with Crippen LogP contribution in [0.15, 0.2) is 66.9 Å². The number of amides is 1. The molecular formula is C33H34FN3O4. The predicted octanol–water partition coefficient (Wildman–Crippen LogP) is 5.77. The molecule has 4 aromatic rings. The lowest BCUT2D eigenvalue weighted by atomic mass is 9.94. The van der Waals surface area contributed by atoms with E-state index in [0.717, 1.165) is 47.1 Å². The molecule has 0 radical (unpaired) electrons. The summed E-state index contributed by atoms with van der Waals surface area (Å²) >= 11 is 0. The number of fused-ring (bicyclic) bond motifs is 1. The fraction of sp³-hybridized carbons (Fsp3) is 0.303. The Balaban J connectivity index is 1.44. The zero-order chi connectivity index (χ0) is 28.9. The van der Waals surface area contributed by atoms with E-state index < -0.39 is 23.7 Å². The first kappa shape index (κ1) is 28.2. The molecule has 1 aliphatic heterocycles. The van der Waals surface area contributed by atoms with E-state index in [0.29, 0.717) is 17.0 Å². The SMILES string of the molecule is COc1cc(CN2CCCCC2)cnc1-c1cccc2c(C[C@H](NC(=O)c3c(C)cccc3F)C(=O)O)cccc12. The lowest BCUT2D eigenvalue weighted by Crippen LogP contribution is -2.42. The van der Waals surface area contributed by atoms with Gasteiger partial charge in [-0.05, 0) is 72.5 Å². The highest BCUT2D eigenvalue weighted by molar-refractivity contribution is 6.00. The molecule has 5 rings (SSSR count). The van der Waals surface area contributed by atoms with Gasteiger partial charge in [-0.15, -0.1) is 0 Å². The number of pyridine rings is 1. The van der Waals surface area contributed by atoms with Crippen molar-refractivity contribution in [3.8, 4) is 17.0 Å². The Morgan fingerprint density at radius 1 is 1.05 bits per heavy atom. The number of carbonyl (C=O) groups excluding carboxylic acids is 1. The smallest absolute Gasteiger partial charge is 0.326 e. The van der Waals surface area contributed by atoms with Crippen LogP contribution in [0.2, 0.25) is 0 Å². The number of aliphatic carboxylic acids is 1. The third kappa shape index (κ3) is 6.23. The number of nitrogens with one attached hydrogen (secondary N) is 1. The van der Waals surface area contributed by atoms with Crippen LogP contribution in [0.3, 0.4) is 0 Å². The highest BCUT2D eigenvalue weighted by Crippen LogP contribution is 2.35. The van der Waals surface area contributed by atoms with Crippen molar-refractivity contribution in [2.45, 2.75) is 45.2 Å². The van der Waals surface area contributed by atoms with Crippen LogP contribution in [0.25, 0.3) is 22.0 Å². The topological polar surface area (TPSA) is 91.8 Å². The number of halogens is 1. The predicted molar refractivity (Wildman–Crippen MR) is 157 cm³/mol. The summed E-state index contributed by atoms with van der Waals surface area (Å²) in [5.41, 5.74) is 3.69. The molecule has 1 amide bonds. The Morgan fingerprint density at radius 2 is 1.78 bits per heavy atom. The van der Waals surface area contributed by atoms with E-state index >= 15 is 0 Å². The normalized spacial score (nSPS) is 14.5. The number of rotatable bonds is 9. The third-order valence-electron chi connectivity index (χ3n) is 7.73. The van der Waals surface area contributed by atoms with E-state index in [2.05, 4.69) is 10.2 Å². The Morgan fingerprint density at radius 3 is 2.51 bits per heavy atom.